The summed E-state index contributed by atoms with van der Waals surface area (Å²) in [6.07, 6.45) is 0. The first-order valence-corrected chi connectivity index (χ1v) is 7.88. The summed E-state index contributed by atoms with van der Waals surface area (Å²) in [7, 11) is -4.01. The van der Waals surface area contributed by atoms with Gasteiger partial charge in [0, 0.05) is 23.2 Å². The average molecular weight is 324 g/mol. The molecule has 5 nitrogen and oxygen atoms in total. The quantitative estimate of drug-likeness (QED) is 0.912. The van der Waals surface area contributed by atoms with Crippen LogP contribution in [0.15, 0.2) is 17.0 Å². The third-order valence-corrected chi connectivity index (χ3v) is 5.37. The van der Waals surface area contributed by atoms with Crippen LogP contribution in [0.1, 0.15) is 12.5 Å². The van der Waals surface area contributed by atoms with E-state index < -0.39 is 27.3 Å². The summed E-state index contributed by atoms with van der Waals surface area (Å²) in [5.74, 6) is -0.962. The standard InChI is InChI=1S/C12H15ClFNO4S/c1-8-7-19-3-2-15(8)20(17,18)11-5-10(13)4-9(6-16)12(11)14/h4-5,8,16H,2-3,6-7H2,1H3. The summed E-state index contributed by atoms with van der Waals surface area (Å²) in [6, 6.07) is 1.89. The van der Waals surface area contributed by atoms with Crippen molar-refractivity contribution >= 4 is 21.6 Å². The van der Waals surface area contributed by atoms with Crippen molar-refractivity contribution < 1.29 is 22.7 Å². The normalized spacial score (nSPS) is 21.1. The van der Waals surface area contributed by atoms with Crippen LogP contribution in [0, 0.1) is 5.82 Å². The summed E-state index contributed by atoms with van der Waals surface area (Å²) in [5, 5.41) is 9.13. The second-order valence-corrected chi connectivity index (χ2v) is 6.87. The van der Waals surface area contributed by atoms with Crippen molar-refractivity contribution in [2.24, 2.45) is 0 Å². The van der Waals surface area contributed by atoms with Crippen LogP contribution in [0.5, 0.6) is 0 Å². The molecule has 2 rings (SSSR count). The van der Waals surface area contributed by atoms with E-state index in [1.165, 1.54) is 10.4 Å². The van der Waals surface area contributed by atoms with Gasteiger partial charge in [0.05, 0.1) is 19.8 Å². The smallest absolute Gasteiger partial charge is 0.246 e. The molecular weight excluding hydrogens is 309 g/mol. The maximum atomic E-state index is 14.2. The average Bonchev–Trinajstić information content (AvgIpc) is 2.41. The lowest BCUT2D eigenvalue weighted by Crippen LogP contribution is -2.47. The molecule has 0 bridgehead atoms. The van der Waals surface area contributed by atoms with Crippen molar-refractivity contribution in [3.63, 3.8) is 0 Å². The number of hydrogen-bond acceptors (Lipinski definition) is 4. The minimum absolute atomic E-state index is 0.0648. The topological polar surface area (TPSA) is 66.8 Å². The van der Waals surface area contributed by atoms with Crippen LogP contribution in [-0.4, -0.2) is 43.6 Å². The maximum Gasteiger partial charge on any atom is 0.246 e. The van der Waals surface area contributed by atoms with E-state index in [-0.39, 0.29) is 36.4 Å². The zero-order valence-corrected chi connectivity index (χ0v) is 12.4. The number of benzene rings is 1. The Morgan fingerprint density at radius 3 is 2.85 bits per heavy atom. The van der Waals surface area contributed by atoms with Gasteiger partial charge in [-0.2, -0.15) is 4.31 Å². The molecular formula is C12H15ClFNO4S. The molecule has 0 aliphatic carbocycles. The fraction of sp³-hybridized carbons (Fsp3) is 0.500. The van der Waals surface area contributed by atoms with E-state index in [4.69, 9.17) is 21.4 Å². The maximum absolute atomic E-state index is 14.2. The molecule has 0 saturated carbocycles. The summed E-state index contributed by atoms with van der Waals surface area (Å²) < 4.78 is 45.6. The number of nitrogens with zero attached hydrogens (tertiary/aromatic N) is 1. The molecule has 1 N–H and O–H groups in total. The summed E-state index contributed by atoms with van der Waals surface area (Å²) >= 11 is 5.80. The van der Waals surface area contributed by atoms with Gasteiger partial charge in [-0.15, -0.1) is 0 Å². The van der Waals surface area contributed by atoms with Gasteiger partial charge in [0.1, 0.15) is 10.7 Å². The van der Waals surface area contributed by atoms with E-state index in [1.54, 1.807) is 6.92 Å². The van der Waals surface area contributed by atoms with Crippen LogP contribution in [0.3, 0.4) is 0 Å². The first-order valence-electron chi connectivity index (χ1n) is 6.06. The predicted octanol–water partition coefficient (Wildman–Crippen LogP) is 1.38. The second kappa shape index (κ2) is 5.95. The first kappa shape index (κ1) is 15.7. The number of morpholine rings is 1. The molecule has 1 saturated heterocycles. The van der Waals surface area contributed by atoms with Crippen LogP contribution >= 0.6 is 11.6 Å². The molecule has 1 heterocycles. The van der Waals surface area contributed by atoms with Gasteiger partial charge >= 0.3 is 0 Å². The van der Waals surface area contributed by atoms with Gasteiger partial charge in [0.2, 0.25) is 10.0 Å². The Morgan fingerprint density at radius 1 is 1.55 bits per heavy atom. The van der Waals surface area contributed by atoms with Crippen LogP contribution in [0.25, 0.3) is 0 Å². The first-order chi connectivity index (χ1) is 9.37. The van der Waals surface area contributed by atoms with Gasteiger partial charge in [-0.05, 0) is 19.1 Å². The molecule has 0 radical (unpaired) electrons. The molecule has 0 aromatic heterocycles. The molecule has 1 unspecified atom stereocenters. The predicted molar refractivity (Wildman–Crippen MR) is 71.5 cm³/mol. The fourth-order valence-electron chi connectivity index (χ4n) is 2.12. The van der Waals surface area contributed by atoms with Crippen molar-refractivity contribution in [2.75, 3.05) is 19.8 Å². The number of ether oxygens (including phenoxy) is 1. The molecule has 1 atom stereocenters. The molecule has 1 aliphatic rings. The molecule has 1 aliphatic heterocycles. The highest BCUT2D eigenvalue weighted by Crippen LogP contribution is 2.28. The highest BCUT2D eigenvalue weighted by atomic mass is 35.5. The van der Waals surface area contributed by atoms with E-state index in [9.17, 15) is 12.8 Å². The Balaban J connectivity index is 2.51. The lowest BCUT2D eigenvalue weighted by molar-refractivity contribution is 0.0392. The molecule has 8 heteroatoms. The molecule has 112 valence electrons. The molecule has 20 heavy (non-hydrogen) atoms. The van der Waals surface area contributed by atoms with Gasteiger partial charge < -0.3 is 9.84 Å². The highest BCUT2D eigenvalue weighted by molar-refractivity contribution is 7.89. The third kappa shape index (κ3) is 2.82. The van der Waals surface area contributed by atoms with Crippen molar-refractivity contribution in [1.82, 2.24) is 4.31 Å². The van der Waals surface area contributed by atoms with Gasteiger partial charge in [0.15, 0.2) is 0 Å². The molecule has 0 amide bonds. The van der Waals surface area contributed by atoms with Gasteiger partial charge in [-0.1, -0.05) is 11.6 Å². The summed E-state index contributed by atoms with van der Waals surface area (Å²) in [6.45, 7) is 1.75. The molecule has 1 aromatic rings. The number of halogens is 2. The minimum atomic E-state index is -4.01. The van der Waals surface area contributed by atoms with Crippen LogP contribution in [0.2, 0.25) is 5.02 Å². The Labute approximate surface area is 122 Å². The van der Waals surface area contributed by atoms with Crippen molar-refractivity contribution in [3.8, 4) is 0 Å². The number of hydrogen-bond donors (Lipinski definition) is 1. The monoisotopic (exact) mass is 323 g/mol. The van der Waals surface area contributed by atoms with Crippen LogP contribution < -0.4 is 0 Å². The third-order valence-electron chi connectivity index (χ3n) is 3.14. The Hall–Kier alpha value is -0.730. The molecule has 1 fully saturated rings. The largest absolute Gasteiger partial charge is 0.392 e. The van der Waals surface area contributed by atoms with Crippen LogP contribution in [0.4, 0.5) is 4.39 Å². The number of rotatable bonds is 3. The van der Waals surface area contributed by atoms with Crippen molar-refractivity contribution in [1.29, 1.82) is 0 Å². The number of sulfonamides is 1. The van der Waals surface area contributed by atoms with E-state index >= 15 is 0 Å². The van der Waals surface area contributed by atoms with Gasteiger partial charge in [0.25, 0.3) is 0 Å². The van der Waals surface area contributed by atoms with E-state index in [2.05, 4.69) is 0 Å². The fourth-order valence-corrected chi connectivity index (χ4v) is 4.16. The summed E-state index contributed by atoms with van der Waals surface area (Å²) in [4.78, 5) is -0.511. The second-order valence-electron chi connectivity index (χ2n) is 4.57. The highest BCUT2D eigenvalue weighted by Gasteiger charge is 2.34. The van der Waals surface area contributed by atoms with E-state index in [1.807, 2.05) is 0 Å². The van der Waals surface area contributed by atoms with Crippen molar-refractivity contribution in [3.05, 3.63) is 28.5 Å². The lowest BCUT2D eigenvalue weighted by Gasteiger charge is -2.32. The van der Waals surface area contributed by atoms with E-state index in [0.717, 1.165) is 6.07 Å². The molecule has 0 spiro atoms. The Bertz CT molecular complexity index is 608. The van der Waals surface area contributed by atoms with E-state index in [0.29, 0.717) is 0 Å². The molecule has 1 aromatic carbocycles. The SMILES string of the molecule is CC1COCCN1S(=O)(=O)c1cc(Cl)cc(CO)c1F. The van der Waals surface area contributed by atoms with Crippen molar-refractivity contribution in [2.45, 2.75) is 24.5 Å². The van der Waals surface area contributed by atoms with Gasteiger partial charge in [-0.25, -0.2) is 12.8 Å². The summed E-state index contributed by atoms with van der Waals surface area (Å²) in [5.41, 5.74) is -0.142. The number of aliphatic hydroxyl groups excluding tert-OH is 1. The zero-order valence-electron chi connectivity index (χ0n) is 10.8. The Kier molecular flexibility index (Phi) is 4.66. The van der Waals surface area contributed by atoms with Crippen LogP contribution in [-0.2, 0) is 21.4 Å². The van der Waals surface area contributed by atoms with Gasteiger partial charge in [-0.3, -0.25) is 0 Å². The zero-order chi connectivity index (χ0) is 14.9. The minimum Gasteiger partial charge on any atom is -0.392 e. The number of aliphatic hydroxyl groups is 1. The lowest BCUT2D eigenvalue weighted by atomic mass is 10.2. The Morgan fingerprint density at radius 2 is 2.25 bits per heavy atom.